The summed E-state index contributed by atoms with van der Waals surface area (Å²) in [5, 5.41) is 20.5. The van der Waals surface area contributed by atoms with Gasteiger partial charge in [0.25, 0.3) is 0 Å². The van der Waals surface area contributed by atoms with Gasteiger partial charge < -0.3 is 10.2 Å². The molecule has 0 unspecified atom stereocenters. The Morgan fingerprint density at radius 3 is 1.32 bits per heavy atom. The quantitative estimate of drug-likeness (QED) is 0.241. The van der Waals surface area contributed by atoms with Crippen molar-refractivity contribution in [1.29, 1.82) is 0 Å². The molecule has 0 radical (unpaired) electrons. The number of rotatable bonds is 8. The van der Waals surface area contributed by atoms with Crippen LogP contribution < -0.4 is 0 Å². The van der Waals surface area contributed by atoms with Crippen LogP contribution >= 0.6 is 0 Å². The van der Waals surface area contributed by atoms with Gasteiger partial charge in [-0.05, 0) is 238 Å². The van der Waals surface area contributed by atoms with Gasteiger partial charge in [0.15, 0.2) is 0 Å². The lowest BCUT2D eigenvalue weighted by Gasteiger charge is -2.55. The summed E-state index contributed by atoms with van der Waals surface area (Å²) >= 11 is 0. The van der Waals surface area contributed by atoms with Crippen LogP contribution in [0.4, 0.5) is 0 Å². The maximum atomic E-state index is 10.2. The average molecular weight is 769 g/mol. The number of aliphatic hydroxyl groups is 2. The van der Waals surface area contributed by atoms with E-state index in [1.165, 1.54) is 127 Å². The molecule has 14 atom stereocenters. The van der Waals surface area contributed by atoms with E-state index < -0.39 is 0 Å². The maximum absolute atomic E-state index is 10.2. The molecular weight excluding hydrogens is 681 g/mol. The number of fused-ring (bicyclic) bond motifs is 8. The number of allylic oxidation sites excluding steroid dienone is 8. The molecule has 316 valence electrons. The fourth-order valence-electron chi connectivity index (χ4n) is 16.5. The van der Waals surface area contributed by atoms with Gasteiger partial charge in [-0.15, -0.1) is 0 Å². The van der Waals surface area contributed by atoms with Gasteiger partial charge in [0.05, 0.1) is 12.2 Å². The van der Waals surface area contributed by atoms with E-state index in [-0.39, 0.29) is 12.2 Å². The van der Waals surface area contributed by atoms with Crippen LogP contribution in [0.3, 0.4) is 0 Å². The molecule has 0 bridgehead atoms. The molecule has 56 heavy (non-hydrogen) atoms. The van der Waals surface area contributed by atoms with Crippen molar-refractivity contribution >= 4 is 0 Å². The molecule has 0 saturated heterocycles. The van der Waals surface area contributed by atoms with Crippen molar-refractivity contribution in [2.45, 2.75) is 223 Å². The van der Waals surface area contributed by atoms with E-state index in [9.17, 15) is 10.2 Å². The van der Waals surface area contributed by atoms with Gasteiger partial charge in [-0.2, -0.15) is 0 Å². The standard InChI is InChI=1S/2C27H44O/c2*1-18(2)7-6-8-19(3)23-11-12-24-22-10-9-20-17-21(28)13-15-26(20,4)25(22)14-16-27(23,24)5/h2*7,19-21,23-24,28H,6,8-17H2,1-5H3/t2*19-,20+,21+,23-,24+,26+,27-/m11/s1. The van der Waals surface area contributed by atoms with Crippen LogP contribution in [0.5, 0.6) is 0 Å². The molecule has 2 nitrogen and oxygen atoms in total. The molecule has 0 spiro atoms. The molecular formula is C54H88O2. The molecule has 2 heteroatoms. The van der Waals surface area contributed by atoms with E-state index in [2.05, 4.69) is 81.4 Å². The highest BCUT2D eigenvalue weighted by atomic mass is 16.3. The summed E-state index contributed by atoms with van der Waals surface area (Å²) in [6.45, 7) is 24.5. The summed E-state index contributed by atoms with van der Waals surface area (Å²) in [6.07, 6.45) is 33.3. The van der Waals surface area contributed by atoms with Crippen LogP contribution in [0, 0.1) is 69.0 Å². The average Bonchev–Trinajstić information content (AvgIpc) is 3.69. The Balaban J connectivity index is 0.000000172. The molecule has 0 aromatic heterocycles. The van der Waals surface area contributed by atoms with Crippen molar-refractivity contribution in [3.8, 4) is 0 Å². The minimum Gasteiger partial charge on any atom is -0.393 e. The number of hydrogen-bond donors (Lipinski definition) is 2. The topological polar surface area (TPSA) is 40.5 Å². The first-order valence-electron chi connectivity index (χ1n) is 24.6. The normalized spacial score (nSPS) is 43.8. The third kappa shape index (κ3) is 7.82. The van der Waals surface area contributed by atoms with Crippen LogP contribution in [0.15, 0.2) is 45.6 Å². The molecule has 0 heterocycles. The first-order valence-corrected chi connectivity index (χ1v) is 24.6. The van der Waals surface area contributed by atoms with Crippen molar-refractivity contribution in [3.63, 3.8) is 0 Å². The third-order valence-corrected chi connectivity index (χ3v) is 19.8. The summed E-state index contributed by atoms with van der Waals surface area (Å²) in [6, 6.07) is 0. The van der Waals surface area contributed by atoms with E-state index in [0.717, 1.165) is 73.0 Å². The minimum atomic E-state index is -0.0356. The third-order valence-electron chi connectivity index (χ3n) is 19.8. The molecule has 0 aliphatic heterocycles. The number of aliphatic hydroxyl groups excluding tert-OH is 2. The van der Waals surface area contributed by atoms with Crippen molar-refractivity contribution in [3.05, 3.63) is 45.6 Å². The van der Waals surface area contributed by atoms with Gasteiger partial charge in [0.1, 0.15) is 0 Å². The van der Waals surface area contributed by atoms with Crippen LogP contribution in [0.2, 0.25) is 0 Å². The van der Waals surface area contributed by atoms with E-state index in [1.807, 2.05) is 22.3 Å². The Hall–Kier alpha value is -1.12. The lowest BCUT2D eigenvalue weighted by molar-refractivity contribution is 0.0133. The van der Waals surface area contributed by atoms with Gasteiger partial charge >= 0.3 is 0 Å². The van der Waals surface area contributed by atoms with E-state index in [4.69, 9.17) is 0 Å². The van der Waals surface area contributed by atoms with Crippen LogP contribution in [-0.2, 0) is 0 Å². The van der Waals surface area contributed by atoms with Crippen LogP contribution in [0.1, 0.15) is 210 Å². The predicted molar refractivity (Wildman–Crippen MR) is 238 cm³/mol. The highest BCUT2D eigenvalue weighted by molar-refractivity contribution is 5.36. The van der Waals surface area contributed by atoms with Crippen molar-refractivity contribution in [2.24, 2.45) is 69.0 Å². The summed E-state index contributed by atoms with van der Waals surface area (Å²) in [4.78, 5) is 0. The predicted octanol–water partition coefficient (Wildman–Crippen LogP) is 14.9. The molecule has 8 rings (SSSR count). The highest BCUT2D eigenvalue weighted by Crippen LogP contribution is 2.67. The van der Waals surface area contributed by atoms with Crippen LogP contribution in [0.25, 0.3) is 0 Å². The van der Waals surface area contributed by atoms with Gasteiger partial charge in [0.2, 0.25) is 0 Å². The van der Waals surface area contributed by atoms with Crippen molar-refractivity contribution in [2.75, 3.05) is 0 Å². The molecule has 2 N–H and O–H groups in total. The molecule has 0 aromatic rings. The van der Waals surface area contributed by atoms with Crippen molar-refractivity contribution in [1.82, 2.24) is 0 Å². The Morgan fingerprint density at radius 1 is 0.554 bits per heavy atom. The number of hydrogen-bond acceptors (Lipinski definition) is 2. The maximum Gasteiger partial charge on any atom is 0.0543 e. The highest BCUT2D eigenvalue weighted by Gasteiger charge is 2.57. The summed E-state index contributed by atoms with van der Waals surface area (Å²) in [7, 11) is 0. The monoisotopic (exact) mass is 769 g/mol. The van der Waals surface area contributed by atoms with E-state index in [0.29, 0.717) is 21.7 Å². The smallest absolute Gasteiger partial charge is 0.0543 e. The summed E-state index contributed by atoms with van der Waals surface area (Å²) < 4.78 is 0. The summed E-state index contributed by atoms with van der Waals surface area (Å²) in [5.74, 6) is 6.72. The van der Waals surface area contributed by atoms with Gasteiger partial charge in [-0.1, -0.05) is 87.1 Å². The second-order valence-corrected chi connectivity index (χ2v) is 23.3. The molecule has 8 aliphatic rings. The van der Waals surface area contributed by atoms with Gasteiger partial charge in [0, 0.05) is 0 Å². The minimum absolute atomic E-state index is 0.0356. The molecule has 4 saturated carbocycles. The lowest BCUT2D eigenvalue weighted by atomic mass is 9.50. The van der Waals surface area contributed by atoms with E-state index in [1.54, 1.807) is 0 Å². The zero-order valence-corrected chi connectivity index (χ0v) is 38.4. The van der Waals surface area contributed by atoms with Crippen molar-refractivity contribution < 1.29 is 10.2 Å². The molecule has 4 fully saturated rings. The zero-order valence-electron chi connectivity index (χ0n) is 38.4. The molecule has 0 aromatic carbocycles. The zero-order chi connectivity index (χ0) is 40.2. The SMILES string of the molecule is CC(C)=CCC[C@@H](C)[C@H]1CC[C@H]2C3=C(CC[C@]12C)[C@@]1(C)CC[C@H](O)C[C@@H]1CC3.CC(C)=CCC[C@@H](C)[C@H]1CC[C@H]2C3=C(CC[C@]12C)[C@@]1(C)CC[C@H](O)C[C@@H]1CC3. The summed E-state index contributed by atoms with van der Waals surface area (Å²) in [5.41, 5.74) is 12.4. The lowest BCUT2D eigenvalue weighted by Crippen LogP contribution is -2.45. The second-order valence-electron chi connectivity index (χ2n) is 23.3. The largest absolute Gasteiger partial charge is 0.393 e. The van der Waals surface area contributed by atoms with Crippen LogP contribution in [-0.4, -0.2) is 22.4 Å². The Bertz CT molecular complexity index is 1420. The fourth-order valence-corrected chi connectivity index (χ4v) is 16.5. The Labute approximate surface area is 346 Å². The Kier molecular flexibility index (Phi) is 12.8. The fraction of sp³-hybridized carbons (Fsp3) is 0.852. The van der Waals surface area contributed by atoms with Gasteiger partial charge in [-0.3, -0.25) is 0 Å². The molecule has 0 amide bonds. The van der Waals surface area contributed by atoms with E-state index >= 15 is 0 Å². The second kappa shape index (κ2) is 16.7. The molecule has 8 aliphatic carbocycles. The first-order chi connectivity index (χ1) is 26.5. The Morgan fingerprint density at radius 2 is 0.946 bits per heavy atom. The van der Waals surface area contributed by atoms with Gasteiger partial charge in [-0.25, -0.2) is 0 Å². The first kappa shape index (κ1) is 43.0.